The van der Waals surface area contributed by atoms with E-state index in [0.29, 0.717) is 5.92 Å². The highest BCUT2D eigenvalue weighted by Gasteiger charge is 2.18. The van der Waals surface area contributed by atoms with E-state index in [1.165, 1.54) is 35.8 Å². The molecule has 4 nitrogen and oxygen atoms in total. The van der Waals surface area contributed by atoms with Crippen molar-refractivity contribution in [3.63, 3.8) is 0 Å². The van der Waals surface area contributed by atoms with Crippen molar-refractivity contribution in [2.45, 2.75) is 25.2 Å². The predicted octanol–water partition coefficient (Wildman–Crippen LogP) is 3.79. The third-order valence-electron chi connectivity index (χ3n) is 4.28. The first kappa shape index (κ1) is 12.4. The van der Waals surface area contributed by atoms with Gasteiger partial charge in [0.25, 0.3) is 0 Å². The molecule has 1 unspecified atom stereocenters. The SMILES string of the molecule is Cn1cc(-c2c[nH]c3nccc(C4C=CCCC4)c23)cn1. The van der Waals surface area contributed by atoms with Crippen LogP contribution in [0, 0.1) is 0 Å². The Kier molecular flexibility index (Phi) is 2.88. The van der Waals surface area contributed by atoms with E-state index in [9.17, 15) is 0 Å². The summed E-state index contributed by atoms with van der Waals surface area (Å²) in [5.41, 5.74) is 4.67. The zero-order valence-electron chi connectivity index (χ0n) is 12.1. The van der Waals surface area contributed by atoms with E-state index in [2.05, 4.69) is 39.5 Å². The number of aromatic nitrogens is 4. The molecule has 0 amide bonds. The lowest BCUT2D eigenvalue weighted by molar-refractivity contribution is 0.657. The molecule has 0 aromatic carbocycles. The van der Waals surface area contributed by atoms with Gasteiger partial charge in [0.1, 0.15) is 5.65 Å². The molecule has 0 radical (unpaired) electrons. The molecule has 0 saturated carbocycles. The Balaban J connectivity index is 1.93. The fourth-order valence-electron chi connectivity index (χ4n) is 3.25. The van der Waals surface area contributed by atoms with Gasteiger partial charge in [-0.15, -0.1) is 0 Å². The number of nitrogens with zero attached hydrogens (tertiary/aromatic N) is 3. The van der Waals surface area contributed by atoms with E-state index >= 15 is 0 Å². The zero-order chi connectivity index (χ0) is 14.2. The molecule has 106 valence electrons. The van der Waals surface area contributed by atoms with Crippen molar-refractivity contribution in [1.29, 1.82) is 0 Å². The van der Waals surface area contributed by atoms with Crippen LogP contribution in [-0.2, 0) is 7.05 Å². The smallest absolute Gasteiger partial charge is 0.138 e. The number of pyridine rings is 1. The molecule has 3 aromatic rings. The number of fused-ring (bicyclic) bond motifs is 1. The van der Waals surface area contributed by atoms with E-state index in [-0.39, 0.29) is 0 Å². The van der Waals surface area contributed by atoms with Gasteiger partial charge in [-0.1, -0.05) is 12.2 Å². The van der Waals surface area contributed by atoms with E-state index in [1.54, 1.807) is 0 Å². The van der Waals surface area contributed by atoms with Crippen molar-refractivity contribution >= 4 is 11.0 Å². The number of hydrogen-bond donors (Lipinski definition) is 1. The lowest BCUT2D eigenvalue weighted by Gasteiger charge is -2.18. The summed E-state index contributed by atoms with van der Waals surface area (Å²) in [5.74, 6) is 0.496. The summed E-state index contributed by atoms with van der Waals surface area (Å²) in [5, 5.41) is 5.53. The summed E-state index contributed by atoms with van der Waals surface area (Å²) in [4.78, 5) is 7.79. The van der Waals surface area contributed by atoms with Gasteiger partial charge < -0.3 is 4.98 Å². The van der Waals surface area contributed by atoms with Gasteiger partial charge in [0, 0.05) is 48.1 Å². The van der Waals surface area contributed by atoms with E-state index in [1.807, 2.05) is 30.3 Å². The minimum absolute atomic E-state index is 0.496. The maximum atomic E-state index is 4.48. The predicted molar refractivity (Wildman–Crippen MR) is 84.0 cm³/mol. The summed E-state index contributed by atoms with van der Waals surface area (Å²) in [6.07, 6.45) is 16.2. The van der Waals surface area contributed by atoms with Crippen molar-refractivity contribution in [3.8, 4) is 11.1 Å². The Labute approximate surface area is 123 Å². The molecule has 3 heterocycles. The zero-order valence-corrected chi connectivity index (χ0v) is 12.1. The normalized spacial score (nSPS) is 18.4. The van der Waals surface area contributed by atoms with E-state index < -0.39 is 0 Å². The number of allylic oxidation sites excluding steroid dienone is 2. The summed E-state index contributed by atoms with van der Waals surface area (Å²) >= 11 is 0. The summed E-state index contributed by atoms with van der Waals surface area (Å²) < 4.78 is 1.84. The molecule has 0 saturated heterocycles. The van der Waals surface area contributed by atoms with E-state index in [0.717, 1.165) is 11.2 Å². The van der Waals surface area contributed by atoms with Gasteiger partial charge in [-0.3, -0.25) is 4.68 Å². The number of rotatable bonds is 2. The largest absolute Gasteiger partial charge is 0.346 e. The number of H-pyrrole nitrogens is 1. The second-order valence-electron chi connectivity index (χ2n) is 5.69. The van der Waals surface area contributed by atoms with Crippen LogP contribution in [0.25, 0.3) is 22.2 Å². The van der Waals surface area contributed by atoms with Gasteiger partial charge in [-0.25, -0.2) is 4.98 Å². The average Bonchev–Trinajstić information content (AvgIpc) is 3.13. The van der Waals surface area contributed by atoms with Crippen molar-refractivity contribution in [2.24, 2.45) is 7.05 Å². The Bertz CT molecular complexity index is 809. The first-order valence-corrected chi connectivity index (χ1v) is 7.44. The Hall–Kier alpha value is -2.36. The van der Waals surface area contributed by atoms with Crippen LogP contribution in [-0.4, -0.2) is 19.7 Å². The highest BCUT2D eigenvalue weighted by atomic mass is 15.2. The molecule has 4 rings (SSSR count). The first-order valence-electron chi connectivity index (χ1n) is 7.44. The van der Waals surface area contributed by atoms with Gasteiger partial charge >= 0.3 is 0 Å². The first-order chi connectivity index (χ1) is 10.3. The topological polar surface area (TPSA) is 46.5 Å². The van der Waals surface area contributed by atoms with Crippen LogP contribution >= 0.6 is 0 Å². The van der Waals surface area contributed by atoms with Crippen LogP contribution in [0.3, 0.4) is 0 Å². The Morgan fingerprint density at radius 3 is 3.10 bits per heavy atom. The van der Waals surface area contributed by atoms with Gasteiger partial charge in [0.2, 0.25) is 0 Å². The minimum atomic E-state index is 0.496. The fourth-order valence-corrected chi connectivity index (χ4v) is 3.25. The van der Waals surface area contributed by atoms with Gasteiger partial charge in [0.05, 0.1) is 6.20 Å². The highest BCUT2D eigenvalue weighted by molar-refractivity contribution is 5.96. The molecule has 21 heavy (non-hydrogen) atoms. The molecule has 0 spiro atoms. The van der Waals surface area contributed by atoms with Crippen LogP contribution in [0.4, 0.5) is 0 Å². The van der Waals surface area contributed by atoms with Crippen LogP contribution < -0.4 is 0 Å². The maximum Gasteiger partial charge on any atom is 0.138 e. The molecule has 0 bridgehead atoms. The molecule has 1 aliphatic rings. The summed E-state index contributed by atoms with van der Waals surface area (Å²) in [7, 11) is 1.95. The van der Waals surface area contributed by atoms with Gasteiger partial charge in [-0.05, 0) is 30.9 Å². The highest BCUT2D eigenvalue weighted by Crippen LogP contribution is 2.37. The second kappa shape index (κ2) is 4.88. The summed E-state index contributed by atoms with van der Waals surface area (Å²) in [6, 6.07) is 2.16. The molecule has 1 aliphatic carbocycles. The van der Waals surface area contributed by atoms with Crippen LogP contribution in [0.2, 0.25) is 0 Å². The van der Waals surface area contributed by atoms with Crippen LogP contribution in [0.15, 0.2) is 43.0 Å². The van der Waals surface area contributed by atoms with Gasteiger partial charge in [0.15, 0.2) is 0 Å². The number of hydrogen-bond acceptors (Lipinski definition) is 2. The number of aromatic amines is 1. The van der Waals surface area contributed by atoms with Crippen molar-refractivity contribution in [1.82, 2.24) is 19.7 Å². The molecule has 3 aromatic heterocycles. The van der Waals surface area contributed by atoms with E-state index in [4.69, 9.17) is 0 Å². The molecule has 0 fully saturated rings. The molecular weight excluding hydrogens is 260 g/mol. The molecular formula is C17H18N4. The molecule has 1 atom stereocenters. The number of aryl methyl sites for hydroxylation is 1. The van der Waals surface area contributed by atoms with Crippen molar-refractivity contribution in [3.05, 3.63) is 48.6 Å². The third kappa shape index (κ3) is 2.07. The van der Waals surface area contributed by atoms with Gasteiger partial charge in [-0.2, -0.15) is 5.10 Å². The van der Waals surface area contributed by atoms with Crippen molar-refractivity contribution in [2.75, 3.05) is 0 Å². The molecule has 1 N–H and O–H groups in total. The lowest BCUT2D eigenvalue weighted by atomic mass is 9.87. The standard InChI is InChI=1S/C17H18N4/c1-21-11-13(9-20-21)15-10-19-17-16(15)14(7-8-18-17)12-5-3-2-4-6-12/h3,5,7-12H,2,4,6H2,1H3,(H,18,19). The summed E-state index contributed by atoms with van der Waals surface area (Å²) in [6.45, 7) is 0. The van der Waals surface area contributed by atoms with Crippen molar-refractivity contribution < 1.29 is 0 Å². The van der Waals surface area contributed by atoms with Crippen LogP contribution in [0.5, 0.6) is 0 Å². The fraction of sp³-hybridized carbons (Fsp3) is 0.294. The Morgan fingerprint density at radius 2 is 2.33 bits per heavy atom. The Morgan fingerprint density at radius 1 is 1.38 bits per heavy atom. The minimum Gasteiger partial charge on any atom is -0.346 e. The maximum absolute atomic E-state index is 4.48. The molecule has 0 aliphatic heterocycles. The van der Waals surface area contributed by atoms with Crippen LogP contribution in [0.1, 0.15) is 30.7 Å². The second-order valence-corrected chi connectivity index (χ2v) is 5.69. The monoisotopic (exact) mass is 278 g/mol. The lowest BCUT2D eigenvalue weighted by Crippen LogP contribution is -2.00. The average molecular weight is 278 g/mol. The number of nitrogens with one attached hydrogen (secondary N) is 1. The molecule has 4 heteroatoms. The third-order valence-corrected chi connectivity index (χ3v) is 4.28. The quantitative estimate of drug-likeness (QED) is 0.725.